The van der Waals surface area contributed by atoms with Gasteiger partial charge < -0.3 is 15.1 Å². The first-order valence-electron chi connectivity index (χ1n) is 6.58. The summed E-state index contributed by atoms with van der Waals surface area (Å²) in [6.07, 6.45) is 4.17. The van der Waals surface area contributed by atoms with Gasteiger partial charge in [0.25, 0.3) is 5.91 Å². The topological polar surface area (TPSA) is 62.7 Å². The zero-order valence-corrected chi connectivity index (χ0v) is 10.5. The van der Waals surface area contributed by atoms with Crippen LogP contribution in [-0.4, -0.2) is 47.9 Å². The fraction of sp³-hybridized carbons (Fsp3) is 0.615. The number of amides is 1. The quantitative estimate of drug-likeness (QED) is 0.854. The van der Waals surface area contributed by atoms with Crippen LogP contribution in [0.2, 0.25) is 0 Å². The molecule has 0 spiro atoms. The van der Waals surface area contributed by atoms with Crippen molar-refractivity contribution in [2.24, 2.45) is 5.73 Å². The van der Waals surface area contributed by atoms with Gasteiger partial charge in [-0.25, -0.2) is 0 Å². The van der Waals surface area contributed by atoms with Crippen LogP contribution < -0.4 is 5.73 Å². The van der Waals surface area contributed by atoms with Gasteiger partial charge in [-0.2, -0.15) is 0 Å². The summed E-state index contributed by atoms with van der Waals surface area (Å²) < 4.78 is 5.21. The minimum atomic E-state index is 0.0638. The number of nitrogens with zero attached hydrogens (tertiary/aromatic N) is 2. The molecule has 2 aliphatic rings. The summed E-state index contributed by atoms with van der Waals surface area (Å²) >= 11 is 0. The van der Waals surface area contributed by atoms with E-state index in [2.05, 4.69) is 4.90 Å². The molecule has 0 unspecified atom stereocenters. The molecular weight excluding hydrogens is 230 g/mol. The molecular formula is C13H19N3O2. The molecule has 1 aliphatic carbocycles. The average Bonchev–Trinajstić information content (AvgIpc) is 3.16. The lowest BCUT2D eigenvalue weighted by atomic mass is 10.2. The molecule has 5 heteroatoms. The van der Waals surface area contributed by atoms with E-state index in [-0.39, 0.29) is 5.91 Å². The highest BCUT2D eigenvalue weighted by atomic mass is 16.3. The Morgan fingerprint density at radius 2 is 2.06 bits per heavy atom. The number of carbonyl (C=O) groups is 1. The smallest absolute Gasteiger partial charge is 0.257 e. The lowest BCUT2D eigenvalue weighted by Crippen LogP contribution is -2.49. The van der Waals surface area contributed by atoms with Crippen molar-refractivity contribution in [3.05, 3.63) is 23.7 Å². The SMILES string of the molecule is NCc1cc(C(=O)N2CCN(C3CC3)CC2)co1. The van der Waals surface area contributed by atoms with Crippen molar-refractivity contribution < 1.29 is 9.21 Å². The number of rotatable bonds is 3. The predicted molar refractivity (Wildman–Crippen MR) is 67.1 cm³/mol. The Kier molecular flexibility index (Phi) is 3.09. The van der Waals surface area contributed by atoms with Crippen LogP contribution in [0.5, 0.6) is 0 Å². The molecule has 1 aromatic heterocycles. The Hall–Kier alpha value is -1.33. The number of hydrogen-bond donors (Lipinski definition) is 1. The van der Waals surface area contributed by atoms with Gasteiger partial charge in [0.15, 0.2) is 0 Å². The summed E-state index contributed by atoms with van der Waals surface area (Å²) in [5.74, 6) is 0.726. The van der Waals surface area contributed by atoms with E-state index in [0.717, 1.165) is 32.2 Å². The predicted octanol–water partition coefficient (Wildman–Crippen LogP) is 0.658. The van der Waals surface area contributed by atoms with E-state index < -0.39 is 0 Å². The fourth-order valence-electron chi connectivity index (χ4n) is 2.51. The monoisotopic (exact) mass is 249 g/mol. The molecule has 0 aromatic carbocycles. The highest BCUT2D eigenvalue weighted by molar-refractivity contribution is 5.94. The molecule has 0 bridgehead atoms. The molecule has 1 aromatic rings. The van der Waals surface area contributed by atoms with E-state index in [9.17, 15) is 4.79 Å². The molecule has 2 N–H and O–H groups in total. The zero-order valence-electron chi connectivity index (χ0n) is 10.5. The maximum Gasteiger partial charge on any atom is 0.257 e. The van der Waals surface area contributed by atoms with Crippen molar-refractivity contribution >= 4 is 5.91 Å². The molecule has 1 saturated carbocycles. The van der Waals surface area contributed by atoms with E-state index in [1.165, 1.54) is 19.1 Å². The van der Waals surface area contributed by atoms with Crippen molar-refractivity contribution in [2.45, 2.75) is 25.4 Å². The summed E-state index contributed by atoms with van der Waals surface area (Å²) in [5.41, 5.74) is 6.10. The van der Waals surface area contributed by atoms with E-state index in [0.29, 0.717) is 17.9 Å². The van der Waals surface area contributed by atoms with Crippen LogP contribution in [0.3, 0.4) is 0 Å². The highest BCUT2D eigenvalue weighted by Crippen LogP contribution is 2.27. The lowest BCUT2D eigenvalue weighted by Gasteiger charge is -2.34. The third-order valence-electron chi connectivity index (χ3n) is 3.77. The van der Waals surface area contributed by atoms with Crippen LogP contribution in [0.25, 0.3) is 0 Å². The van der Waals surface area contributed by atoms with Crippen molar-refractivity contribution in [2.75, 3.05) is 26.2 Å². The molecule has 5 nitrogen and oxygen atoms in total. The van der Waals surface area contributed by atoms with Gasteiger partial charge >= 0.3 is 0 Å². The van der Waals surface area contributed by atoms with E-state index in [4.69, 9.17) is 10.2 Å². The van der Waals surface area contributed by atoms with Gasteiger partial charge in [0.05, 0.1) is 12.1 Å². The highest BCUT2D eigenvalue weighted by Gasteiger charge is 2.32. The third-order valence-corrected chi connectivity index (χ3v) is 3.77. The molecule has 3 rings (SSSR count). The number of piperazine rings is 1. The molecule has 0 radical (unpaired) electrons. The fourth-order valence-corrected chi connectivity index (χ4v) is 2.51. The Labute approximate surface area is 107 Å². The second kappa shape index (κ2) is 4.74. The maximum absolute atomic E-state index is 12.2. The molecule has 18 heavy (non-hydrogen) atoms. The second-order valence-corrected chi connectivity index (χ2v) is 5.07. The Bertz CT molecular complexity index is 431. The first-order chi connectivity index (χ1) is 8.78. The van der Waals surface area contributed by atoms with E-state index >= 15 is 0 Å². The van der Waals surface area contributed by atoms with E-state index in [1.807, 2.05) is 4.90 Å². The Balaban J connectivity index is 1.59. The molecule has 2 fully saturated rings. The van der Waals surface area contributed by atoms with Crippen LogP contribution >= 0.6 is 0 Å². The van der Waals surface area contributed by atoms with Gasteiger partial charge in [-0.15, -0.1) is 0 Å². The third kappa shape index (κ3) is 2.28. The largest absolute Gasteiger partial charge is 0.467 e. The summed E-state index contributed by atoms with van der Waals surface area (Å²) in [7, 11) is 0. The van der Waals surface area contributed by atoms with Crippen molar-refractivity contribution in [1.29, 1.82) is 0 Å². The molecule has 1 saturated heterocycles. The van der Waals surface area contributed by atoms with Gasteiger partial charge in [0.1, 0.15) is 12.0 Å². The molecule has 1 amide bonds. The molecule has 0 atom stereocenters. The molecule has 98 valence electrons. The van der Waals surface area contributed by atoms with Crippen molar-refractivity contribution in [1.82, 2.24) is 9.80 Å². The summed E-state index contributed by atoms with van der Waals surface area (Å²) in [4.78, 5) is 16.6. The first kappa shape index (κ1) is 11.7. The number of nitrogens with two attached hydrogens (primary N) is 1. The summed E-state index contributed by atoms with van der Waals surface area (Å²) in [6, 6.07) is 2.54. The van der Waals surface area contributed by atoms with Gasteiger partial charge in [-0.3, -0.25) is 9.69 Å². The van der Waals surface area contributed by atoms with Gasteiger partial charge in [0.2, 0.25) is 0 Å². The first-order valence-corrected chi connectivity index (χ1v) is 6.58. The van der Waals surface area contributed by atoms with Crippen LogP contribution in [0, 0.1) is 0 Å². The van der Waals surface area contributed by atoms with Crippen LogP contribution in [0.4, 0.5) is 0 Å². The summed E-state index contributed by atoms with van der Waals surface area (Å²) in [5, 5.41) is 0. The molecule has 2 heterocycles. The Morgan fingerprint density at radius 3 is 2.61 bits per heavy atom. The second-order valence-electron chi connectivity index (χ2n) is 5.07. The van der Waals surface area contributed by atoms with Gasteiger partial charge in [-0.05, 0) is 18.9 Å². The zero-order chi connectivity index (χ0) is 12.5. The number of carbonyl (C=O) groups excluding carboxylic acids is 1. The van der Waals surface area contributed by atoms with Crippen LogP contribution in [-0.2, 0) is 6.54 Å². The van der Waals surface area contributed by atoms with Crippen molar-refractivity contribution in [3.63, 3.8) is 0 Å². The van der Waals surface area contributed by atoms with Gasteiger partial charge in [0, 0.05) is 32.2 Å². The van der Waals surface area contributed by atoms with E-state index in [1.54, 1.807) is 6.07 Å². The number of furan rings is 1. The lowest BCUT2D eigenvalue weighted by molar-refractivity contribution is 0.0626. The minimum Gasteiger partial charge on any atom is -0.467 e. The standard InChI is InChI=1S/C13H19N3O2/c14-8-12-7-10(9-18-12)13(17)16-5-3-15(4-6-16)11-1-2-11/h7,9,11H,1-6,8,14H2. The van der Waals surface area contributed by atoms with Crippen LogP contribution in [0.15, 0.2) is 16.7 Å². The average molecular weight is 249 g/mol. The van der Waals surface area contributed by atoms with Crippen LogP contribution in [0.1, 0.15) is 29.0 Å². The van der Waals surface area contributed by atoms with Gasteiger partial charge in [-0.1, -0.05) is 0 Å². The normalized spacial score (nSPS) is 21.3. The minimum absolute atomic E-state index is 0.0638. The Morgan fingerprint density at radius 1 is 1.33 bits per heavy atom. The van der Waals surface area contributed by atoms with Crippen molar-refractivity contribution in [3.8, 4) is 0 Å². The summed E-state index contributed by atoms with van der Waals surface area (Å²) in [6.45, 7) is 3.97. The molecule has 1 aliphatic heterocycles. The number of hydrogen-bond acceptors (Lipinski definition) is 4. The maximum atomic E-state index is 12.2.